The van der Waals surface area contributed by atoms with Crippen molar-refractivity contribution in [3.8, 4) is 0 Å². The maximum atomic E-state index is 8.90. The molecule has 1 rings (SSSR count). The number of nitrogens with two attached hydrogens (primary N) is 1. The largest absolute Gasteiger partial charge is 0.394 e. The smallest absolute Gasteiger partial charge is 0.0608 e. The standard InChI is InChI=1S/C9H15NOS/c1-9(10,7-11)5-4-8-3-2-6-12-8/h2-3,6,11H,4-5,7,10H2,1H3/t9-/m1/s1. The van der Waals surface area contributed by atoms with E-state index in [1.165, 1.54) is 4.88 Å². The molecule has 0 saturated carbocycles. The first-order valence-corrected chi connectivity index (χ1v) is 4.94. The van der Waals surface area contributed by atoms with Crippen molar-refractivity contribution >= 4 is 11.3 Å². The van der Waals surface area contributed by atoms with E-state index in [1.54, 1.807) is 11.3 Å². The van der Waals surface area contributed by atoms with Crippen molar-refractivity contribution in [2.24, 2.45) is 5.73 Å². The molecule has 0 aliphatic heterocycles. The Morgan fingerprint density at radius 1 is 1.67 bits per heavy atom. The first-order valence-electron chi connectivity index (χ1n) is 4.06. The van der Waals surface area contributed by atoms with Gasteiger partial charge in [-0.2, -0.15) is 0 Å². The average molecular weight is 185 g/mol. The molecule has 1 heterocycles. The van der Waals surface area contributed by atoms with Crippen LogP contribution in [0.15, 0.2) is 17.5 Å². The van der Waals surface area contributed by atoms with Crippen molar-refractivity contribution in [2.45, 2.75) is 25.3 Å². The van der Waals surface area contributed by atoms with Crippen LogP contribution in [-0.2, 0) is 6.42 Å². The Morgan fingerprint density at radius 2 is 2.42 bits per heavy atom. The van der Waals surface area contributed by atoms with Gasteiger partial charge in [-0.1, -0.05) is 6.07 Å². The van der Waals surface area contributed by atoms with Gasteiger partial charge in [-0.15, -0.1) is 11.3 Å². The zero-order valence-corrected chi connectivity index (χ0v) is 8.10. The molecular formula is C9H15NOS. The van der Waals surface area contributed by atoms with Crippen LogP contribution in [0.5, 0.6) is 0 Å². The predicted octanol–water partition coefficient (Wildman–Crippen LogP) is 1.39. The molecular weight excluding hydrogens is 170 g/mol. The lowest BCUT2D eigenvalue weighted by molar-refractivity contribution is 0.201. The van der Waals surface area contributed by atoms with Gasteiger partial charge in [0.2, 0.25) is 0 Å². The van der Waals surface area contributed by atoms with Crippen molar-refractivity contribution in [3.05, 3.63) is 22.4 Å². The van der Waals surface area contributed by atoms with Gasteiger partial charge >= 0.3 is 0 Å². The minimum atomic E-state index is -0.427. The van der Waals surface area contributed by atoms with Crippen molar-refractivity contribution in [1.82, 2.24) is 0 Å². The van der Waals surface area contributed by atoms with Crippen LogP contribution in [-0.4, -0.2) is 17.3 Å². The maximum absolute atomic E-state index is 8.90. The molecule has 0 aliphatic rings. The monoisotopic (exact) mass is 185 g/mol. The summed E-state index contributed by atoms with van der Waals surface area (Å²) in [6.07, 6.45) is 1.80. The number of thiophene rings is 1. The second kappa shape index (κ2) is 4.03. The van der Waals surface area contributed by atoms with Crippen LogP contribution in [0.2, 0.25) is 0 Å². The topological polar surface area (TPSA) is 46.2 Å². The summed E-state index contributed by atoms with van der Waals surface area (Å²) in [5.74, 6) is 0. The quantitative estimate of drug-likeness (QED) is 0.744. The lowest BCUT2D eigenvalue weighted by atomic mass is 9.98. The molecule has 0 aromatic carbocycles. The zero-order valence-electron chi connectivity index (χ0n) is 7.29. The molecule has 3 heteroatoms. The highest BCUT2D eigenvalue weighted by Crippen LogP contribution is 2.15. The molecule has 3 N–H and O–H groups in total. The van der Waals surface area contributed by atoms with Gasteiger partial charge in [0.15, 0.2) is 0 Å². The summed E-state index contributed by atoms with van der Waals surface area (Å²) >= 11 is 1.74. The van der Waals surface area contributed by atoms with E-state index in [1.807, 2.05) is 13.0 Å². The van der Waals surface area contributed by atoms with E-state index in [0.717, 1.165) is 12.8 Å². The number of aryl methyl sites for hydroxylation is 1. The summed E-state index contributed by atoms with van der Waals surface area (Å²) in [4.78, 5) is 1.33. The highest BCUT2D eigenvalue weighted by atomic mass is 32.1. The Kier molecular flexibility index (Phi) is 3.26. The number of hydrogen-bond acceptors (Lipinski definition) is 3. The Hall–Kier alpha value is -0.380. The molecule has 0 spiro atoms. The molecule has 1 atom stereocenters. The second-order valence-electron chi connectivity index (χ2n) is 3.39. The molecule has 0 radical (unpaired) electrons. The van der Waals surface area contributed by atoms with Crippen molar-refractivity contribution in [1.29, 1.82) is 0 Å². The predicted molar refractivity (Wildman–Crippen MR) is 52.3 cm³/mol. The maximum Gasteiger partial charge on any atom is 0.0608 e. The Labute approximate surface area is 77.0 Å². The van der Waals surface area contributed by atoms with E-state index in [9.17, 15) is 0 Å². The van der Waals surface area contributed by atoms with E-state index in [2.05, 4.69) is 11.4 Å². The van der Waals surface area contributed by atoms with Crippen molar-refractivity contribution in [2.75, 3.05) is 6.61 Å². The SMILES string of the molecule is C[C@](N)(CO)CCc1cccs1. The molecule has 12 heavy (non-hydrogen) atoms. The van der Waals surface area contributed by atoms with Gasteiger partial charge in [0.25, 0.3) is 0 Å². The van der Waals surface area contributed by atoms with Gasteiger partial charge < -0.3 is 10.8 Å². The number of aliphatic hydroxyl groups is 1. The van der Waals surface area contributed by atoms with E-state index in [4.69, 9.17) is 10.8 Å². The third-order valence-corrected chi connectivity index (χ3v) is 2.82. The average Bonchev–Trinajstić information content (AvgIpc) is 2.53. The summed E-state index contributed by atoms with van der Waals surface area (Å²) in [6, 6.07) is 4.13. The summed E-state index contributed by atoms with van der Waals surface area (Å²) < 4.78 is 0. The molecule has 1 aromatic heterocycles. The van der Waals surface area contributed by atoms with Gasteiger partial charge in [-0.25, -0.2) is 0 Å². The van der Waals surface area contributed by atoms with Crippen LogP contribution in [0.3, 0.4) is 0 Å². The van der Waals surface area contributed by atoms with E-state index < -0.39 is 5.54 Å². The Bertz CT molecular complexity index is 218. The van der Waals surface area contributed by atoms with Crippen molar-refractivity contribution in [3.63, 3.8) is 0 Å². The number of hydrogen-bond donors (Lipinski definition) is 2. The van der Waals surface area contributed by atoms with Gasteiger partial charge in [-0.3, -0.25) is 0 Å². The molecule has 1 aromatic rings. The molecule has 0 unspecified atom stereocenters. The molecule has 0 aliphatic carbocycles. The number of rotatable bonds is 4. The van der Waals surface area contributed by atoms with Crippen LogP contribution in [0, 0.1) is 0 Å². The highest BCUT2D eigenvalue weighted by molar-refractivity contribution is 7.09. The van der Waals surface area contributed by atoms with Crippen LogP contribution in [0.25, 0.3) is 0 Å². The van der Waals surface area contributed by atoms with Crippen molar-refractivity contribution < 1.29 is 5.11 Å². The fourth-order valence-corrected chi connectivity index (χ4v) is 1.65. The summed E-state index contributed by atoms with van der Waals surface area (Å²) in [7, 11) is 0. The molecule has 2 nitrogen and oxygen atoms in total. The first kappa shape index (κ1) is 9.71. The summed E-state index contributed by atoms with van der Waals surface area (Å²) in [5, 5.41) is 11.0. The van der Waals surface area contributed by atoms with Crippen LogP contribution >= 0.6 is 11.3 Å². The Morgan fingerprint density at radius 3 is 2.92 bits per heavy atom. The van der Waals surface area contributed by atoms with E-state index in [-0.39, 0.29) is 6.61 Å². The fraction of sp³-hybridized carbons (Fsp3) is 0.556. The van der Waals surface area contributed by atoms with Gasteiger partial charge in [0, 0.05) is 10.4 Å². The molecule has 0 amide bonds. The van der Waals surface area contributed by atoms with Crippen LogP contribution in [0.1, 0.15) is 18.2 Å². The Balaban J connectivity index is 2.36. The lowest BCUT2D eigenvalue weighted by Crippen LogP contribution is -2.40. The molecule has 68 valence electrons. The minimum absolute atomic E-state index is 0.0539. The van der Waals surface area contributed by atoms with Gasteiger partial charge in [0.05, 0.1) is 6.61 Å². The summed E-state index contributed by atoms with van der Waals surface area (Å²) in [5.41, 5.74) is 5.36. The van der Waals surface area contributed by atoms with Gasteiger partial charge in [0.1, 0.15) is 0 Å². The lowest BCUT2D eigenvalue weighted by Gasteiger charge is -2.20. The minimum Gasteiger partial charge on any atom is -0.394 e. The van der Waals surface area contributed by atoms with E-state index >= 15 is 0 Å². The first-order chi connectivity index (χ1) is 5.64. The third kappa shape index (κ3) is 2.93. The normalized spacial score (nSPS) is 15.9. The third-order valence-electron chi connectivity index (χ3n) is 1.88. The highest BCUT2D eigenvalue weighted by Gasteiger charge is 2.16. The van der Waals surface area contributed by atoms with Gasteiger partial charge in [-0.05, 0) is 31.2 Å². The van der Waals surface area contributed by atoms with E-state index in [0.29, 0.717) is 0 Å². The molecule has 0 saturated heterocycles. The second-order valence-corrected chi connectivity index (χ2v) is 4.42. The van der Waals surface area contributed by atoms with Crippen LogP contribution in [0.4, 0.5) is 0 Å². The molecule has 0 bridgehead atoms. The zero-order chi connectivity index (χ0) is 9.03. The van der Waals surface area contributed by atoms with Crippen LogP contribution < -0.4 is 5.73 Å². The fourth-order valence-electron chi connectivity index (χ4n) is 0.943. The number of aliphatic hydroxyl groups excluding tert-OH is 1. The molecule has 0 fully saturated rings. The summed E-state index contributed by atoms with van der Waals surface area (Å²) in [6.45, 7) is 1.93.